The number of halogens is 1. The number of fused-ring (bicyclic) bond motifs is 1. The van der Waals surface area contributed by atoms with Crippen LogP contribution in [-0.2, 0) is 17.6 Å². The van der Waals surface area contributed by atoms with E-state index in [1.165, 1.54) is 12.1 Å². The molecule has 4 aromatic rings. The molecule has 2 aliphatic heterocycles. The van der Waals surface area contributed by atoms with Crippen molar-refractivity contribution < 1.29 is 18.8 Å². The van der Waals surface area contributed by atoms with Crippen LogP contribution < -0.4 is 10.6 Å². The van der Waals surface area contributed by atoms with Gasteiger partial charge in [0.25, 0.3) is 11.8 Å². The van der Waals surface area contributed by atoms with Gasteiger partial charge in [0.1, 0.15) is 11.6 Å². The Morgan fingerprint density at radius 2 is 1.69 bits per heavy atom. The van der Waals surface area contributed by atoms with Crippen LogP contribution in [0.3, 0.4) is 0 Å². The number of benzene rings is 2. The first kappa shape index (κ1) is 27.3. The van der Waals surface area contributed by atoms with Crippen molar-refractivity contribution in [3.05, 3.63) is 95.1 Å². The van der Waals surface area contributed by atoms with E-state index in [2.05, 4.69) is 20.6 Å². The highest BCUT2D eigenvalue weighted by Gasteiger charge is 2.30. The summed E-state index contributed by atoms with van der Waals surface area (Å²) in [4.78, 5) is 50.1. The highest BCUT2D eigenvalue weighted by molar-refractivity contribution is 6.07. The Labute approximate surface area is 242 Å². The predicted molar refractivity (Wildman–Crippen MR) is 158 cm³/mol. The fraction of sp³-hybridized carbons (Fsp3) is 0.250. The van der Waals surface area contributed by atoms with Crippen LogP contribution in [0.1, 0.15) is 32.0 Å². The number of aromatic nitrogens is 2. The highest BCUT2D eigenvalue weighted by Crippen LogP contribution is 2.39. The first-order valence-electron chi connectivity index (χ1n) is 14.0. The summed E-state index contributed by atoms with van der Waals surface area (Å²) in [5, 5.41) is 6.10. The highest BCUT2D eigenvalue weighted by atomic mass is 19.1. The van der Waals surface area contributed by atoms with Gasteiger partial charge in [0, 0.05) is 74.8 Å². The third kappa shape index (κ3) is 5.53. The molecule has 42 heavy (non-hydrogen) atoms. The summed E-state index contributed by atoms with van der Waals surface area (Å²) in [6, 6.07) is 16.8. The molecule has 6 rings (SSSR count). The largest absolute Gasteiger partial charge is 0.357 e. The lowest BCUT2D eigenvalue weighted by Gasteiger charge is -2.27. The molecule has 0 aliphatic carbocycles. The molecule has 1 fully saturated rings. The number of nitrogens with one attached hydrogen (secondary N) is 3. The Balaban J connectivity index is 1.21. The molecular weight excluding hydrogens is 535 g/mol. The number of rotatable bonds is 6. The first-order chi connectivity index (χ1) is 20.4. The molecule has 1 saturated heterocycles. The monoisotopic (exact) mass is 566 g/mol. The topological polar surface area (TPSA) is 110 Å². The van der Waals surface area contributed by atoms with Crippen molar-refractivity contribution >= 4 is 23.5 Å². The molecule has 4 heterocycles. The zero-order chi connectivity index (χ0) is 29.2. The maximum atomic E-state index is 13.7. The normalized spacial score (nSPS) is 15.0. The van der Waals surface area contributed by atoms with E-state index >= 15 is 0 Å². The number of likely N-dealkylation sites (N-methyl/N-ethyl adjacent to an activating group) is 1. The van der Waals surface area contributed by atoms with Crippen molar-refractivity contribution in [2.45, 2.75) is 12.8 Å². The molecule has 0 saturated carbocycles. The first-order valence-corrected chi connectivity index (χ1v) is 14.0. The lowest BCUT2D eigenvalue weighted by Crippen LogP contribution is -2.46. The van der Waals surface area contributed by atoms with E-state index in [0.29, 0.717) is 59.8 Å². The van der Waals surface area contributed by atoms with Gasteiger partial charge >= 0.3 is 0 Å². The van der Waals surface area contributed by atoms with Gasteiger partial charge in [-0.1, -0.05) is 24.3 Å². The van der Waals surface area contributed by atoms with E-state index in [1.807, 2.05) is 11.0 Å². The van der Waals surface area contributed by atoms with Gasteiger partial charge in [-0.25, -0.2) is 9.37 Å². The van der Waals surface area contributed by atoms with E-state index in [4.69, 9.17) is 0 Å². The van der Waals surface area contributed by atoms with E-state index < -0.39 is 0 Å². The molecular formula is C32H31FN6O3. The Morgan fingerprint density at radius 1 is 0.952 bits per heavy atom. The SMILES string of the molecule is CN1CCc2[nH]c(-c3ccnc(NC(=O)Cc4ccc(C(=O)N5CCNCC5)cc4)c3)c(-c3ccc(F)cc3)c2C1=O. The lowest BCUT2D eigenvalue weighted by molar-refractivity contribution is -0.115. The van der Waals surface area contributed by atoms with Crippen molar-refractivity contribution in [1.82, 2.24) is 25.1 Å². The Bertz CT molecular complexity index is 1640. The molecule has 2 aromatic carbocycles. The Morgan fingerprint density at radius 3 is 2.43 bits per heavy atom. The van der Waals surface area contributed by atoms with Crippen molar-refractivity contribution in [2.75, 3.05) is 45.1 Å². The quantitative estimate of drug-likeness (QED) is 0.330. The number of piperazine rings is 1. The van der Waals surface area contributed by atoms with Crippen LogP contribution in [0.15, 0.2) is 66.9 Å². The molecule has 3 N–H and O–H groups in total. The summed E-state index contributed by atoms with van der Waals surface area (Å²) in [5.74, 6) is -0.344. The maximum Gasteiger partial charge on any atom is 0.256 e. The van der Waals surface area contributed by atoms with Gasteiger partial charge < -0.3 is 25.4 Å². The van der Waals surface area contributed by atoms with E-state index in [1.54, 1.807) is 60.6 Å². The molecule has 2 aromatic heterocycles. The summed E-state index contributed by atoms with van der Waals surface area (Å²) in [7, 11) is 1.77. The number of hydrogen-bond donors (Lipinski definition) is 3. The Kier molecular flexibility index (Phi) is 7.54. The molecule has 9 nitrogen and oxygen atoms in total. The number of nitrogens with zero attached hydrogens (tertiary/aromatic N) is 3. The van der Waals surface area contributed by atoms with Gasteiger partial charge in [0.15, 0.2) is 0 Å². The van der Waals surface area contributed by atoms with Gasteiger partial charge in [-0.2, -0.15) is 0 Å². The van der Waals surface area contributed by atoms with E-state index in [0.717, 1.165) is 29.9 Å². The van der Waals surface area contributed by atoms with Crippen LogP contribution in [0.5, 0.6) is 0 Å². The van der Waals surface area contributed by atoms with Crippen LogP contribution in [0, 0.1) is 5.82 Å². The molecule has 0 bridgehead atoms. The van der Waals surface area contributed by atoms with E-state index in [-0.39, 0.29) is 30.0 Å². The minimum absolute atomic E-state index is 0.00661. The second-order valence-corrected chi connectivity index (χ2v) is 10.6. The number of pyridine rings is 1. The zero-order valence-corrected chi connectivity index (χ0v) is 23.2. The minimum atomic E-state index is -0.358. The second kappa shape index (κ2) is 11.6. The van der Waals surface area contributed by atoms with Crippen molar-refractivity contribution in [3.63, 3.8) is 0 Å². The van der Waals surface area contributed by atoms with Gasteiger partial charge in [-0.15, -0.1) is 0 Å². The van der Waals surface area contributed by atoms with Crippen molar-refractivity contribution in [2.24, 2.45) is 0 Å². The maximum absolute atomic E-state index is 13.7. The number of carbonyl (C=O) groups is 3. The molecule has 0 radical (unpaired) electrons. The number of hydrogen-bond acceptors (Lipinski definition) is 5. The van der Waals surface area contributed by atoms with Gasteiger partial charge in [0.05, 0.1) is 17.7 Å². The van der Waals surface area contributed by atoms with Crippen molar-refractivity contribution in [1.29, 1.82) is 0 Å². The molecule has 214 valence electrons. The number of aromatic amines is 1. The third-order valence-corrected chi connectivity index (χ3v) is 7.75. The average molecular weight is 567 g/mol. The number of H-pyrrole nitrogens is 1. The molecule has 3 amide bonds. The van der Waals surface area contributed by atoms with Gasteiger partial charge in [-0.3, -0.25) is 14.4 Å². The molecule has 0 atom stereocenters. The lowest BCUT2D eigenvalue weighted by atomic mass is 9.94. The van der Waals surface area contributed by atoms with Crippen LogP contribution >= 0.6 is 0 Å². The standard InChI is InChI=1S/C32H31FN6O3/c1-38-15-11-25-29(32(38)42)28(21-6-8-24(33)9-7-21)30(36-25)23-10-12-35-26(19-23)37-27(40)18-20-2-4-22(5-3-20)31(41)39-16-13-34-14-17-39/h2-10,12,19,34,36H,11,13-18H2,1H3,(H,35,37,40). The minimum Gasteiger partial charge on any atom is -0.357 e. The van der Waals surface area contributed by atoms with Crippen LogP contribution in [0.25, 0.3) is 22.4 Å². The molecule has 0 spiro atoms. The summed E-state index contributed by atoms with van der Waals surface area (Å²) < 4.78 is 13.7. The fourth-order valence-corrected chi connectivity index (χ4v) is 5.51. The van der Waals surface area contributed by atoms with E-state index in [9.17, 15) is 18.8 Å². The smallest absolute Gasteiger partial charge is 0.256 e. The van der Waals surface area contributed by atoms with Gasteiger partial charge in [-0.05, 0) is 47.5 Å². The summed E-state index contributed by atoms with van der Waals surface area (Å²) >= 11 is 0. The third-order valence-electron chi connectivity index (χ3n) is 7.75. The molecule has 2 aliphatic rings. The number of amides is 3. The number of anilines is 1. The summed E-state index contributed by atoms with van der Waals surface area (Å²) in [6.45, 7) is 3.53. The number of carbonyl (C=O) groups excluding carboxylic acids is 3. The fourth-order valence-electron chi connectivity index (χ4n) is 5.51. The zero-order valence-electron chi connectivity index (χ0n) is 23.2. The Hall–Kier alpha value is -4.83. The molecule has 10 heteroatoms. The second-order valence-electron chi connectivity index (χ2n) is 10.6. The molecule has 0 unspecified atom stereocenters. The van der Waals surface area contributed by atoms with Gasteiger partial charge in [0.2, 0.25) is 5.91 Å². The predicted octanol–water partition coefficient (Wildman–Crippen LogP) is 3.74. The average Bonchev–Trinajstić information content (AvgIpc) is 3.40. The summed E-state index contributed by atoms with van der Waals surface area (Å²) in [6.07, 6.45) is 2.39. The summed E-state index contributed by atoms with van der Waals surface area (Å²) in [5.41, 5.74) is 5.64. The van der Waals surface area contributed by atoms with Crippen LogP contribution in [-0.4, -0.2) is 77.3 Å². The van der Waals surface area contributed by atoms with Crippen LogP contribution in [0.2, 0.25) is 0 Å². The van der Waals surface area contributed by atoms with Crippen molar-refractivity contribution in [3.8, 4) is 22.4 Å². The van der Waals surface area contributed by atoms with Crippen LogP contribution in [0.4, 0.5) is 10.2 Å².